The fourth-order valence-corrected chi connectivity index (χ4v) is 1.60. The number of H-pyrrole nitrogens is 1. The van der Waals surface area contributed by atoms with Gasteiger partial charge in [-0.15, -0.1) is 0 Å². The summed E-state index contributed by atoms with van der Waals surface area (Å²) in [7, 11) is 0. The normalized spacial score (nSPS) is 10.1. The van der Waals surface area contributed by atoms with Crippen molar-refractivity contribution in [2.45, 2.75) is 6.61 Å². The van der Waals surface area contributed by atoms with Crippen molar-refractivity contribution in [3.63, 3.8) is 0 Å². The molecule has 0 aliphatic carbocycles. The van der Waals surface area contributed by atoms with E-state index in [1.54, 1.807) is 12.1 Å². The van der Waals surface area contributed by atoms with Crippen LogP contribution in [0.25, 0.3) is 11.3 Å². The third kappa shape index (κ3) is 2.23. The Balaban J connectivity index is 2.25. The lowest BCUT2D eigenvalue weighted by Crippen LogP contribution is -1.89. The van der Waals surface area contributed by atoms with Gasteiger partial charge in [0.05, 0.1) is 16.4 Å². The highest BCUT2D eigenvalue weighted by molar-refractivity contribution is 6.33. The zero-order valence-electron chi connectivity index (χ0n) is 8.31. The second-order valence-electron chi connectivity index (χ2n) is 3.17. The van der Waals surface area contributed by atoms with Gasteiger partial charge in [-0.2, -0.15) is 5.10 Å². The van der Waals surface area contributed by atoms with Gasteiger partial charge < -0.3 is 4.74 Å². The van der Waals surface area contributed by atoms with E-state index in [1.165, 1.54) is 0 Å². The smallest absolute Gasteiger partial charge is 0.293 e. The van der Waals surface area contributed by atoms with E-state index in [2.05, 4.69) is 14.9 Å². The summed E-state index contributed by atoms with van der Waals surface area (Å²) in [5.41, 5.74) is 2.30. The molecule has 0 atom stereocenters. The van der Waals surface area contributed by atoms with Crippen LogP contribution in [-0.4, -0.2) is 16.7 Å². The summed E-state index contributed by atoms with van der Waals surface area (Å²) in [6, 6.07) is 9.22. The van der Waals surface area contributed by atoms with Gasteiger partial charge in [0.25, 0.3) is 6.47 Å². The molecule has 1 aromatic heterocycles. The van der Waals surface area contributed by atoms with E-state index in [0.717, 1.165) is 17.0 Å². The topological polar surface area (TPSA) is 55.0 Å². The van der Waals surface area contributed by atoms with E-state index < -0.39 is 0 Å². The summed E-state index contributed by atoms with van der Waals surface area (Å²) >= 11 is 6.03. The van der Waals surface area contributed by atoms with Crippen molar-refractivity contribution in [2.75, 3.05) is 0 Å². The first-order valence-electron chi connectivity index (χ1n) is 4.65. The molecule has 16 heavy (non-hydrogen) atoms. The number of aromatic nitrogens is 2. The third-order valence-electron chi connectivity index (χ3n) is 2.09. The number of halogens is 1. The fraction of sp³-hybridized carbons (Fsp3) is 0.0909. The Labute approximate surface area is 97.2 Å². The van der Waals surface area contributed by atoms with Crippen molar-refractivity contribution in [2.24, 2.45) is 0 Å². The van der Waals surface area contributed by atoms with Gasteiger partial charge in [-0.1, -0.05) is 29.8 Å². The third-order valence-corrected chi connectivity index (χ3v) is 2.42. The Hall–Kier alpha value is -1.81. The predicted octanol–water partition coefficient (Wildman–Crippen LogP) is 2.40. The summed E-state index contributed by atoms with van der Waals surface area (Å²) in [6.45, 7) is 0.580. The zero-order chi connectivity index (χ0) is 11.4. The second kappa shape index (κ2) is 4.81. The molecule has 0 unspecified atom stereocenters. The lowest BCUT2D eigenvalue weighted by atomic mass is 10.1. The summed E-state index contributed by atoms with van der Waals surface area (Å²) in [4.78, 5) is 10.0. The maximum Gasteiger partial charge on any atom is 0.293 e. The van der Waals surface area contributed by atoms with Crippen LogP contribution in [0.15, 0.2) is 30.3 Å². The zero-order valence-corrected chi connectivity index (χ0v) is 9.07. The quantitative estimate of drug-likeness (QED) is 0.830. The number of carbonyl (C=O) groups excluding carboxylic acids is 1. The maximum absolute atomic E-state index is 10.0. The predicted molar refractivity (Wildman–Crippen MR) is 59.9 cm³/mol. The number of nitrogens with zero attached hydrogens (tertiary/aromatic N) is 1. The van der Waals surface area contributed by atoms with Crippen molar-refractivity contribution in [3.8, 4) is 11.3 Å². The standard InChI is InChI=1S/C11H9ClN2O2/c12-10-4-2-1-3-9(10)11-5-8(13-14-11)6-16-7-15/h1-5,7H,6H2,(H,13,14). The van der Waals surface area contributed by atoms with E-state index >= 15 is 0 Å². The fourth-order valence-electron chi connectivity index (χ4n) is 1.37. The van der Waals surface area contributed by atoms with Crippen LogP contribution in [0.4, 0.5) is 0 Å². The van der Waals surface area contributed by atoms with E-state index in [9.17, 15) is 4.79 Å². The first kappa shape index (κ1) is 10.7. The van der Waals surface area contributed by atoms with Crippen molar-refractivity contribution in [3.05, 3.63) is 41.0 Å². The molecular formula is C11H9ClN2O2. The monoisotopic (exact) mass is 236 g/mol. The molecule has 2 rings (SSSR count). The minimum Gasteiger partial charge on any atom is -0.461 e. The molecule has 0 amide bonds. The summed E-state index contributed by atoms with van der Waals surface area (Å²) in [6.07, 6.45) is 0. The molecule has 1 aromatic carbocycles. The number of rotatable bonds is 4. The second-order valence-corrected chi connectivity index (χ2v) is 3.57. The number of aromatic amines is 1. The molecule has 82 valence electrons. The van der Waals surface area contributed by atoms with Gasteiger partial charge in [0, 0.05) is 5.56 Å². The molecule has 0 saturated carbocycles. The highest BCUT2D eigenvalue weighted by Crippen LogP contribution is 2.26. The van der Waals surface area contributed by atoms with Gasteiger partial charge in [-0.05, 0) is 12.1 Å². The Kier molecular flexibility index (Phi) is 3.22. The molecule has 0 aliphatic rings. The minimum atomic E-state index is 0.182. The van der Waals surface area contributed by atoms with Gasteiger partial charge in [0.2, 0.25) is 0 Å². The first-order valence-corrected chi connectivity index (χ1v) is 5.03. The average molecular weight is 237 g/mol. The number of nitrogens with one attached hydrogen (secondary N) is 1. The largest absolute Gasteiger partial charge is 0.461 e. The van der Waals surface area contributed by atoms with Crippen LogP contribution in [0.3, 0.4) is 0 Å². The van der Waals surface area contributed by atoms with E-state index in [0.29, 0.717) is 11.5 Å². The SMILES string of the molecule is O=COCc1cc(-c2ccccc2Cl)n[nH]1. The molecule has 5 heteroatoms. The molecule has 0 spiro atoms. The van der Waals surface area contributed by atoms with E-state index in [4.69, 9.17) is 11.6 Å². The van der Waals surface area contributed by atoms with Crippen LogP contribution >= 0.6 is 11.6 Å². The van der Waals surface area contributed by atoms with E-state index in [1.807, 2.05) is 18.2 Å². The first-order chi connectivity index (χ1) is 7.81. The van der Waals surface area contributed by atoms with Crippen LogP contribution < -0.4 is 0 Å². The number of benzene rings is 1. The summed E-state index contributed by atoms with van der Waals surface area (Å²) in [5, 5.41) is 7.50. The highest BCUT2D eigenvalue weighted by atomic mass is 35.5. The Bertz CT molecular complexity index is 496. The minimum absolute atomic E-state index is 0.182. The molecule has 0 saturated heterocycles. The summed E-state index contributed by atoms with van der Waals surface area (Å²) in [5.74, 6) is 0. The molecule has 0 bridgehead atoms. The molecule has 1 heterocycles. The molecule has 0 fully saturated rings. The Morgan fingerprint density at radius 1 is 1.44 bits per heavy atom. The van der Waals surface area contributed by atoms with Crippen LogP contribution in [-0.2, 0) is 16.1 Å². The lowest BCUT2D eigenvalue weighted by molar-refractivity contribution is -0.129. The molecule has 0 aliphatic heterocycles. The molecule has 4 nitrogen and oxygen atoms in total. The van der Waals surface area contributed by atoms with Gasteiger partial charge in [-0.3, -0.25) is 9.89 Å². The van der Waals surface area contributed by atoms with Crippen molar-refractivity contribution >= 4 is 18.1 Å². The molecule has 2 aromatic rings. The van der Waals surface area contributed by atoms with Crippen LogP contribution in [0.2, 0.25) is 5.02 Å². The van der Waals surface area contributed by atoms with Gasteiger partial charge in [-0.25, -0.2) is 0 Å². The number of carbonyl (C=O) groups is 1. The van der Waals surface area contributed by atoms with Gasteiger partial charge in [0.15, 0.2) is 0 Å². The van der Waals surface area contributed by atoms with E-state index in [-0.39, 0.29) is 6.61 Å². The van der Waals surface area contributed by atoms with Crippen LogP contribution in [0.1, 0.15) is 5.69 Å². The van der Waals surface area contributed by atoms with Gasteiger partial charge >= 0.3 is 0 Å². The maximum atomic E-state index is 10.0. The average Bonchev–Trinajstić information content (AvgIpc) is 2.75. The molecule has 1 N–H and O–H groups in total. The Morgan fingerprint density at radius 3 is 3.00 bits per heavy atom. The molecule has 0 radical (unpaired) electrons. The number of ether oxygens (including phenoxy) is 1. The number of hydrogen-bond acceptors (Lipinski definition) is 3. The highest BCUT2D eigenvalue weighted by Gasteiger charge is 2.07. The Morgan fingerprint density at radius 2 is 2.25 bits per heavy atom. The van der Waals surface area contributed by atoms with Crippen molar-refractivity contribution in [1.82, 2.24) is 10.2 Å². The van der Waals surface area contributed by atoms with Crippen molar-refractivity contribution in [1.29, 1.82) is 0 Å². The molecular weight excluding hydrogens is 228 g/mol. The van der Waals surface area contributed by atoms with Crippen LogP contribution in [0.5, 0.6) is 0 Å². The lowest BCUT2D eigenvalue weighted by Gasteiger charge is -1.97. The number of hydrogen-bond donors (Lipinski definition) is 1. The summed E-state index contributed by atoms with van der Waals surface area (Å²) < 4.78 is 4.61. The van der Waals surface area contributed by atoms with Gasteiger partial charge in [0.1, 0.15) is 6.61 Å². The van der Waals surface area contributed by atoms with Crippen molar-refractivity contribution < 1.29 is 9.53 Å². The van der Waals surface area contributed by atoms with Crippen LogP contribution in [0, 0.1) is 0 Å².